The van der Waals surface area contributed by atoms with Gasteiger partial charge in [-0.1, -0.05) is 259 Å². The van der Waals surface area contributed by atoms with Gasteiger partial charge in [0, 0.05) is 0 Å². The lowest BCUT2D eigenvalue weighted by molar-refractivity contribution is 0.0892. The van der Waals surface area contributed by atoms with Gasteiger partial charge in [-0.2, -0.15) is 0 Å². The molecular weight excluding hydrogens is 757 g/mol. The van der Waals surface area contributed by atoms with Gasteiger partial charge in [-0.05, 0) is 146 Å². The van der Waals surface area contributed by atoms with E-state index in [2.05, 4.69) is 118 Å². The van der Waals surface area contributed by atoms with Gasteiger partial charge in [0.25, 0.3) is 0 Å². The Morgan fingerprint density at radius 2 is 0.905 bits per heavy atom. The summed E-state index contributed by atoms with van der Waals surface area (Å²) < 4.78 is 0. The average molecular weight is 884 g/mol. The summed E-state index contributed by atoms with van der Waals surface area (Å²) in [6.07, 6.45) is 48.5. The molecule has 0 radical (unpaired) electrons. The van der Waals surface area contributed by atoms with Crippen molar-refractivity contribution in [3.63, 3.8) is 0 Å². The number of hydrogen-bond donors (Lipinski definition) is 0. The first kappa shape index (κ1) is 61.0. The van der Waals surface area contributed by atoms with Crippen LogP contribution in [0.4, 0.5) is 0 Å². The molecule has 1 unspecified atom stereocenters. The van der Waals surface area contributed by atoms with Crippen LogP contribution in [0.1, 0.15) is 330 Å². The molecule has 0 N–H and O–H groups in total. The van der Waals surface area contributed by atoms with Crippen LogP contribution < -0.4 is 0 Å². The van der Waals surface area contributed by atoms with Gasteiger partial charge in [0.15, 0.2) is 0 Å². The molecule has 9 rings (SSSR count). The summed E-state index contributed by atoms with van der Waals surface area (Å²) >= 11 is 0. The van der Waals surface area contributed by atoms with E-state index in [0.29, 0.717) is 10.8 Å². The van der Waals surface area contributed by atoms with E-state index in [0.717, 1.165) is 64.1 Å². The highest BCUT2D eigenvalue weighted by molar-refractivity contribution is 4.85. The quantitative estimate of drug-likeness (QED) is 0.228. The van der Waals surface area contributed by atoms with Crippen LogP contribution in [0.25, 0.3) is 0 Å². The smallest absolute Gasteiger partial charge is 0.0328 e. The van der Waals surface area contributed by atoms with Crippen molar-refractivity contribution in [1.29, 1.82) is 0 Å². The van der Waals surface area contributed by atoms with Crippen molar-refractivity contribution in [2.45, 2.75) is 330 Å². The van der Waals surface area contributed by atoms with Gasteiger partial charge in [0.2, 0.25) is 0 Å². The fourth-order valence-electron chi connectivity index (χ4n) is 11.1. The minimum atomic E-state index is 0.681. The highest BCUT2D eigenvalue weighted by Gasteiger charge is 2.34. The van der Waals surface area contributed by atoms with Gasteiger partial charge < -0.3 is 0 Å². The fourth-order valence-corrected chi connectivity index (χ4v) is 11.1. The zero-order valence-corrected chi connectivity index (χ0v) is 47.5. The van der Waals surface area contributed by atoms with Crippen LogP contribution in [0.15, 0.2) is 0 Å². The molecule has 9 fully saturated rings. The third kappa shape index (κ3) is 26.4. The maximum atomic E-state index is 2.39. The molecule has 9 aliphatic carbocycles. The zero-order chi connectivity index (χ0) is 47.5. The fraction of sp³-hybridized carbons (Fsp3) is 1.00. The summed E-state index contributed by atoms with van der Waals surface area (Å²) in [7, 11) is 0. The summed E-state index contributed by atoms with van der Waals surface area (Å²) in [5.41, 5.74) is 2.90. The van der Waals surface area contributed by atoms with E-state index in [1.807, 2.05) is 0 Å². The lowest BCUT2D eigenvalue weighted by atomic mass is 9.64. The Balaban J connectivity index is 0.000000354. The maximum absolute atomic E-state index is 2.39. The average Bonchev–Trinajstić information content (AvgIpc) is 3.87. The molecule has 3 atom stereocenters. The molecule has 0 bridgehead atoms. The standard InChI is InChI=1S/9C7H14/c1-6-4-5-7(6,2)3;1-7(2)5-3-4-6-7;1-6(2)7-4-3-5-7;1-3-7-4-6(2)5-7;2*1-3-7(2)5-4-6-7;1-3-7-5-4-6(7)2;1-2-7-5-3-4-6-7;1-2-4-7-5-3-6-7/h6H,4-5H2,1-3H3;3-6H2,1-2H3;2*6-7H,3-5H2,1-2H3;2*3-6H2,1-2H3;6-7H,3-5H2,1-2H3;2*7H,2-6H2,1H3/t6-;;;;;;6-,7?;;/m0.....0../s1. The molecule has 0 aromatic rings. The molecule has 0 heteroatoms. The van der Waals surface area contributed by atoms with Gasteiger partial charge in [-0.15, -0.1) is 0 Å². The van der Waals surface area contributed by atoms with Gasteiger partial charge >= 0.3 is 0 Å². The normalized spacial score (nSPS) is 29.7. The van der Waals surface area contributed by atoms with Crippen molar-refractivity contribution >= 4 is 0 Å². The second-order valence-electron chi connectivity index (χ2n) is 26.5. The molecule has 0 aliphatic heterocycles. The van der Waals surface area contributed by atoms with Crippen LogP contribution in [0.2, 0.25) is 0 Å². The monoisotopic (exact) mass is 883 g/mol. The van der Waals surface area contributed by atoms with E-state index >= 15 is 0 Å². The SMILES string of the molecule is CC(C)C1CCC1.CC1(C)CCCC1.CCC1(C)CCC1.CCC1(C)CCC1.CCC1CC(C)C1.CCC1CCCC1.CCC1CC[C@@H]1C.CCCC1CCC1.C[C@H]1CCC1(C)C. The number of hydrogen-bond acceptors (Lipinski definition) is 0. The summed E-state index contributed by atoms with van der Waals surface area (Å²) in [6, 6.07) is 0. The molecule has 0 spiro atoms. The van der Waals surface area contributed by atoms with Crippen LogP contribution in [0.5, 0.6) is 0 Å². The van der Waals surface area contributed by atoms with Gasteiger partial charge in [0.1, 0.15) is 0 Å². The Morgan fingerprint density at radius 3 is 0.984 bits per heavy atom. The van der Waals surface area contributed by atoms with Crippen LogP contribution >= 0.6 is 0 Å². The number of rotatable bonds is 8. The van der Waals surface area contributed by atoms with Crippen molar-refractivity contribution in [1.82, 2.24) is 0 Å². The van der Waals surface area contributed by atoms with Crippen LogP contribution in [-0.4, -0.2) is 0 Å². The molecule has 0 nitrogen and oxygen atoms in total. The first-order valence-electron chi connectivity index (χ1n) is 29.7. The summed E-state index contributed by atoms with van der Waals surface area (Å²) in [6.45, 7) is 39.6. The maximum Gasteiger partial charge on any atom is -0.0328 e. The third-order valence-corrected chi connectivity index (χ3v) is 19.8. The van der Waals surface area contributed by atoms with Crippen molar-refractivity contribution in [2.24, 2.45) is 74.9 Å². The summed E-state index contributed by atoms with van der Waals surface area (Å²) in [5.74, 6) is 9.51. The van der Waals surface area contributed by atoms with E-state index in [-0.39, 0.29) is 0 Å². The van der Waals surface area contributed by atoms with Crippen molar-refractivity contribution in [2.75, 3.05) is 0 Å². The van der Waals surface area contributed by atoms with Crippen LogP contribution in [0.3, 0.4) is 0 Å². The van der Waals surface area contributed by atoms with Gasteiger partial charge in [0.05, 0.1) is 0 Å². The topological polar surface area (TPSA) is 0 Å². The third-order valence-electron chi connectivity index (χ3n) is 19.8. The lowest BCUT2D eigenvalue weighted by Gasteiger charge is -2.42. The van der Waals surface area contributed by atoms with Gasteiger partial charge in [-0.25, -0.2) is 0 Å². The minimum absolute atomic E-state index is 0.681. The Bertz CT molecular complexity index is 968. The molecule has 0 heterocycles. The molecule has 0 amide bonds. The van der Waals surface area contributed by atoms with Crippen LogP contribution in [-0.2, 0) is 0 Å². The predicted molar refractivity (Wildman–Crippen MR) is 290 cm³/mol. The Morgan fingerprint density at radius 1 is 0.444 bits per heavy atom. The van der Waals surface area contributed by atoms with E-state index < -0.39 is 0 Å². The van der Waals surface area contributed by atoms with E-state index in [1.54, 1.807) is 0 Å². The molecule has 0 saturated heterocycles. The molecule has 9 saturated carbocycles. The van der Waals surface area contributed by atoms with E-state index in [4.69, 9.17) is 0 Å². The molecular formula is C63H126. The largest absolute Gasteiger partial charge is 0.0654 e. The molecule has 0 aromatic heterocycles. The van der Waals surface area contributed by atoms with E-state index in [1.165, 1.54) is 212 Å². The second-order valence-corrected chi connectivity index (χ2v) is 26.5. The van der Waals surface area contributed by atoms with Crippen molar-refractivity contribution in [3.05, 3.63) is 0 Å². The Labute approximate surface area is 402 Å². The van der Waals surface area contributed by atoms with Crippen molar-refractivity contribution in [3.8, 4) is 0 Å². The Hall–Kier alpha value is 0. The lowest BCUT2D eigenvalue weighted by Crippen LogP contribution is -2.31. The van der Waals surface area contributed by atoms with Crippen LogP contribution in [0, 0.1) is 74.9 Å². The highest BCUT2D eigenvalue weighted by Crippen LogP contribution is 2.45. The predicted octanol–water partition coefficient (Wildman–Crippen LogP) is 22.7. The Kier molecular flexibility index (Phi) is 31.7. The molecule has 9 aliphatic rings. The highest BCUT2D eigenvalue weighted by atomic mass is 14.4. The van der Waals surface area contributed by atoms with E-state index in [9.17, 15) is 0 Å². The van der Waals surface area contributed by atoms with Gasteiger partial charge in [-0.3, -0.25) is 0 Å². The van der Waals surface area contributed by atoms with Crippen molar-refractivity contribution < 1.29 is 0 Å². The summed E-state index contributed by atoms with van der Waals surface area (Å²) in [4.78, 5) is 0. The first-order chi connectivity index (χ1) is 29.7. The summed E-state index contributed by atoms with van der Waals surface area (Å²) in [5, 5.41) is 0. The molecule has 378 valence electrons. The second kappa shape index (κ2) is 32.7. The minimum Gasteiger partial charge on any atom is -0.0654 e. The zero-order valence-electron chi connectivity index (χ0n) is 47.5. The molecule has 63 heavy (non-hydrogen) atoms. The first-order valence-corrected chi connectivity index (χ1v) is 29.7. The molecule has 0 aromatic carbocycles.